The second kappa shape index (κ2) is 2.77. The molecular formula is C7H10INS. The lowest BCUT2D eigenvalue weighted by Gasteiger charge is -2.11. The molecule has 0 radical (unpaired) electrons. The minimum Gasteiger partial charge on any atom is -0.245 e. The van der Waals surface area contributed by atoms with Gasteiger partial charge in [-0.2, -0.15) is 0 Å². The van der Waals surface area contributed by atoms with E-state index in [9.17, 15) is 0 Å². The highest BCUT2D eigenvalue weighted by Gasteiger charge is 2.18. The van der Waals surface area contributed by atoms with Crippen molar-refractivity contribution in [2.24, 2.45) is 0 Å². The lowest BCUT2D eigenvalue weighted by Crippen LogP contribution is -2.06. The zero-order chi connectivity index (χ0) is 7.78. The van der Waals surface area contributed by atoms with Crippen molar-refractivity contribution >= 4 is 33.9 Å². The summed E-state index contributed by atoms with van der Waals surface area (Å²) >= 11 is 4.12. The first-order valence-corrected chi connectivity index (χ1v) is 5.07. The van der Waals surface area contributed by atoms with Crippen molar-refractivity contribution in [1.82, 2.24) is 4.98 Å². The third kappa shape index (κ3) is 1.92. The fourth-order valence-electron chi connectivity index (χ4n) is 0.636. The van der Waals surface area contributed by atoms with E-state index in [-0.39, 0.29) is 3.42 Å². The van der Waals surface area contributed by atoms with Crippen molar-refractivity contribution in [1.29, 1.82) is 0 Å². The Bertz CT molecular complexity index is 224. The molecule has 0 saturated carbocycles. The molecule has 1 aromatic rings. The Morgan fingerprint density at radius 1 is 1.60 bits per heavy atom. The van der Waals surface area contributed by atoms with Gasteiger partial charge >= 0.3 is 0 Å². The molecule has 56 valence electrons. The summed E-state index contributed by atoms with van der Waals surface area (Å²) in [5.74, 6) is 0. The highest BCUT2D eigenvalue weighted by Crippen LogP contribution is 2.30. The molecule has 0 saturated heterocycles. The van der Waals surface area contributed by atoms with Crippen LogP contribution in [-0.4, -0.2) is 4.98 Å². The summed E-state index contributed by atoms with van der Waals surface area (Å²) in [6.45, 7) is 6.38. The second-order valence-electron chi connectivity index (χ2n) is 2.72. The van der Waals surface area contributed by atoms with Crippen LogP contribution in [0, 0.1) is 6.92 Å². The summed E-state index contributed by atoms with van der Waals surface area (Å²) in [5, 5.41) is 3.28. The smallest absolute Gasteiger partial charge is 0.0897 e. The first kappa shape index (κ1) is 8.46. The Balaban J connectivity index is 2.96. The fraction of sp³-hybridized carbons (Fsp3) is 0.571. The molecule has 0 aromatic carbocycles. The molecular weight excluding hydrogens is 257 g/mol. The summed E-state index contributed by atoms with van der Waals surface area (Å²) in [6.07, 6.45) is 0. The molecule has 0 aliphatic heterocycles. The quantitative estimate of drug-likeness (QED) is 0.562. The number of rotatable bonds is 1. The van der Waals surface area contributed by atoms with Gasteiger partial charge in [0, 0.05) is 5.38 Å². The molecule has 10 heavy (non-hydrogen) atoms. The van der Waals surface area contributed by atoms with E-state index in [0.717, 1.165) is 5.01 Å². The van der Waals surface area contributed by atoms with Gasteiger partial charge in [0.1, 0.15) is 0 Å². The number of hydrogen-bond donors (Lipinski definition) is 0. The summed E-state index contributed by atoms with van der Waals surface area (Å²) in [6, 6.07) is 0. The maximum Gasteiger partial charge on any atom is 0.0897 e. The highest BCUT2D eigenvalue weighted by molar-refractivity contribution is 14.1. The Kier molecular flexibility index (Phi) is 2.34. The molecule has 0 aliphatic carbocycles. The topological polar surface area (TPSA) is 12.9 Å². The average molecular weight is 267 g/mol. The van der Waals surface area contributed by atoms with E-state index in [1.165, 1.54) is 5.69 Å². The Hall–Kier alpha value is 0.360. The number of hydrogen-bond acceptors (Lipinski definition) is 2. The molecule has 0 aliphatic rings. The molecule has 0 bridgehead atoms. The van der Waals surface area contributed by atoms with Crippen molar-refractivity contribution in [3.63, 3.8) is 0 Å². The maximum absolute atomic E-state index is 4.39. The van der Waals surface area contributed by atoms with Gasteiger partial charge in [-0.25, -0.2) is 4.98 Å². The third-order valence-corrected chi connectivity index (χ3v) is 2.55. The van der Waals surface area contributed by atoms with Crippen LogP contribution in [0.4, 0.5) is 0 Å². The normalized spacial score (nSPS) is 12.0. The van der Waals surface area contributed by atoms with E-state index in [0.29, 0.717) is 0 Å². The largest absolute Gasteiger partial charge is 0.245 e. The van der Waals surface area contributed by atoms with Gasteiger partial charge in [-0.1, -0.05) is 22.6 Å². The lowest BCUT2D eigenvalue weighted by molar-refractivity contribution is 0.792. The average Bonchev–Trinajstić information content (AvgIpc) is 2.11. The van der Waals surface area contributed by atoms with Crippen LogP contribution >= 0.6 is 33.9 Å². The summed E-state index contributed by atoms with van der Waals surface area (Å²) in [5.41, 5.74) is 1.19. The predicted molar refractivity (Wildman–Crippen MR) is 53.9 cm³/mol. The van der Waals surface area contributed by atoms with E-state index >= 15 is 0 Å². The Morgan fingerprint density at radius 3 is 2.40 bits per heavy atom. The molecule has 3 heteroatoms. The van der Waals surface area contributed by atoms with Crippen molar-refractivity contribution in [2.45, 2.75) is 24.2 Å². The number of nitrogens with zero attached hydrogens (tertiary/aromatic N) is 1. The summed E-state index contributed by atoms with van der Waals surface area (Å²) in [7, 11) is 0. The number of aryl methyl sites for hydroxylation is 1. The van der Waals surface area contributed by atoms with Crippen molar-refractivity contribution in [2.75, 3.05) is 0 Å². The third-order valence-electron chi connectivity index (χ3n) is 1.23. The molecule has 1 heterocycles. The predicted octanol–water partition coefficient (Wildman–Crippen LogP) is 3.12. The first-order valence-electron chi connectivity index (χ1n) is 3.11. The van der Waals surface area contributed by atoms with Crippen LogP contribution in [0.5, 0.6) is 0 Å². The second-order valence-corrected chi connectivity index (χ2v) is 6.48. The van der Waals surface area contributed by atoms with Crippen molar-refractivity contribution in [3.8, 4) is 0 Å². The number of alkyl halides is 1. The zero-order valence-corrected chi connectivity index (χ0v) is 9.28. The molecule has 1 aromatic heterocycles. The van der Waals surface area contributed by atoms with E-state index in [1.54, 1.807) is 11.3 Å². The van der Waals surface area contributed by atoms with Gasteiger partial charge in [0.25, 0.3) is 0 Å². The lowest BCUT2D eigenvalue weighted by atomic mass is 10.2. The number of halogens is 1. The van der Waals surface area contributed by atoms with Gasteiger partial charge in [-0.15, -0.1) is 11.3 Å². The maximum atomic E-state index is 4.39. The minimum absolute atomic E-state index is 0.183. The Morgan fingerprint density at radius 2 is 2.20 bits per heavy atom. The van der Waals surface area contributed by atoms with E-state index in [2.05, 4.69) is 46.8 Å². The standard InChI is InChI=1S/C7H10INS/c1-5-9-6(4-10-5)7(2,3)8/h4H,1-3H3. The molecule has 1 rings (SSSR count). The van der Waals surface area contributed by atoms with E-state index in [1.807, 2.05) is 6.92 Å². The zero-order valence-electron chi connectivity index (χ0n) is 6.31. The molecule has 0 amide bonds. The van der Waals surface area contributed by atoms with Crippen LogP contribution in [0.3, 0.4) is 0 Å². The van der Waals surface area contributed by atoms with Crippen LogP contribution in [0.15, 0.2) is 5.38 Å². The SMILES string of the molecule is Cc1nc(C(C)(C)I)cs1. The van der Waals surface area contributed by atoms with Gasteiger partial charge in [0.15, 0.2) is 0 Å². The highest BCUT2D eigenvalue weighted by atomic mass is 127. The number of thiazole rings is 1. The molecule has 0 N–H and O–H groups in total. The van der Waals surface area contributed by atoms with Crippen LogP contribution < -0.4 is 0 Å². The van der Waals surface area contributed by atoms with Crippen molar-refractivity contribution in [3.05, 3.63) is 16.1 Å². The molecule has 0 fully saturated rings. The van der Waals surface area contributed by atoms with Gasteiger partial charge in [-0.05, 0) is 20.8 Å². The monoisotopic (exact) mass is 267 g/mol. The Labute approximate surface area is 79.0 Å². The van der Waals surface area contributed by atoms with Crippen LogP contribution in [0.2, 0.25) is 0 Å². The van der Waals surface area contributed by atoms with Gasteiger partial charge in [0.2, 0.25) is 0 Å². The van der Waals surface area contributed by atoms with E-state index in [4.69, 9.17) is 0 Å². The molecule has 0 spiro atoms. The van der Waals surface area contributed by atoms with Crippen LogP contribution in [0.25, 0.3) is 0 Å². The molecule has 0 atom stereocenters. The number of aromatic nitrogens is 1. The van der Waals surface area contributed by atoms with Crippen LogP contribution in [0.1, 0.15) is 24.5 Å². The van der Waals surface area contributed by atoms with Crippen molar-refractivity contribution < 1.29 is 0 Å². The van der Waals surface area contributed by atoms with Gasteiger partial charge < -0.3 is 0 Å². The molecule has 1 nitrogen and oxygen atoms in total. The summed E-state index contributed by atoms with van der Waals surface area (Å²) < 4.78 is 0.183. The van der Waals surface area contributed by atoms with Crippen LogP contribution in [-0.2, 0) is 3.42 Å². The van der Waals surface area contributed by atoms with Gasteiger partial charge in [-0.3, -0.25) is 0 Å². The summed E-state index contributed by atoms with van der Waals surface area (Å²) in [4.78, 5) is 4.39. The van der Waals surface area contributed by atoms with Gasteiger partial charge in [0.05, 0.1) is 14.1 Å². The first-order chi connectivity index (χ1) is 4.50. The van der Waals surface area contributed by atoms with E-state index < -0.39 is 0 Å². The minimum atomic E-state index is 0.183. The molecule has 0 unspecified atom stereocenters. The fourth-order valence-corrected chi connectivity index (χ4v) is 1.90.